The van der Waals surface area contributed by atoms with E-state index < -0.39 is 11.9 Å². The van der Waals surface area contributed by atoms with Gasteiger partial charge in [0.15, 0.2) is 11.5 Å². The molecule has 164 valence electrons. The Morgan fingerprint density at radius 2 is 1.72 bits per heavy atom. The van der Waals surface area contributed by atoms with E-state index in [2.05, 4.69) is 5.32 Å². The van der Waals surface area contributed by atoms with Gasteiger partial charge >= 0.3 is 5.97 Å². The number of benzene rings is 3. The van der Waals surface area contributed by atoms with Crippen LogP contribution in [0.4, 0.5) is 5.69 Å². The van der Waals surface area contributed by atoms with Crippen molar-refractivity contribution in [1.82, 2.24) is 0 Å². The van der Waals surface area contributed by atoms with Gasteiger partial charge in [-0.3, -0.25) is 4.79 Å². The summed E-state index contributed by atoms with van der Waals surface area (Å²) >= 11 is 0. The van der Waals surface area contributed by atoms with Crippen molar-refractivity contribution in [2.45, 2.75) is 19.8 Å². The molecule has 7 heteroatoms. The molecule has 1 aliphatic heterocycles. The molecule has 0 aromatic heterocycles. The number of rotatable bonds is 8. The summed E-state index contributed by atoms with van der Waals surface area (Å²) in [6.07, 6.45) is 1.78. The van der Waals surface area contributed by atoms with E-state index in [9.17, 15) is 14.7 Å². The highest BCUT2D eigenvalue weighted by atomic mass is 16.7. The molecule has 1 amide bonds. The summed E-state index contributed by atoms with van der Waals surface area (Å²) in [5, 5.41) is 12.4. The molecule has 0 saturated carbocycles. The predicted octanol–water partition coefficient (Wildman–Crippen LogP) is 5.21. The second-order valence-electron chi connectivity index (χ2n) is 7.29. The molecule has 0 aliphatic carbocycles. The van der Waals surface area contributed by atoms with Crippen LogP contribution in [0.1, 0.15) is 40.5 Å². The number of hydrogen-bond donors (Lipinski definition) is 2. The average molecular weight is 433 g/mol. The van der Waals surface area contributed by atoms with Crippen LogP contribution in [0.15, 0.2) is 60.7 Å². The van der Waals surface area contributed by atoms with E-state index in [1.807, 2.05) is 37.3 Å². The number of amides is 1. The summed E-state index contributed by atoms with van der Waals surface area (Å²) in [5.74, 6) is -0.330. The normalized spacial score (nSPS) is 11.8. The van der Waals surface area contributed by atoms with Crippen LogP contribution in [0.25, 0.3) is 11.1 Å². The molecule has 1 aliphatic rings. The number of fused-ring (bicyclic) bond motifs is 1. The quantitative estimate of drug-likeness (QED) is 0.474. The molecule has 0 bridgehead atoms. The molecule has 1 heterocycles. The Bertz CT molecular complexity index is 1140. The van der Waals surface area contributed by atoms with Crippen LogP contribution < -0.4 is 19.5 Å². The molecule has 3 aromatic carbocycles. The zero-order valence-corrected chi connectivity index (χ0v) is 17.6. The van der Waals surface area contributed by atoms with Gasteiger partial charge in [-0.05, 0) is 29.7 Å². The van der Waals surface area contributed by atoms with Gasteiger partial charge in [0.25, 0.3) is 5.91 Å². The van der Waals surface area contributed by atoms with Crippen molar-refractivity contribution in [2.24, 2.45) is 0 Å². The first-order valence-electron chi connectivity index (χ1n) is 10.4. The van der Waals surface area contributed by atoms with Gasteiger partial charge in [0.1, 0.15) is 5.75 Å². The van der Waals surface area contributed by atoms with Gasteiger partial charge in [0, 0.05) is 12.1 Å². The highest BCUT2D eigenvalue weighted by Gasteiger charge is 2.23. The topological polar surface area (TPSA) is 94.1 Å². The number of ether oxygens (including phenoxy) is 3. The second-order valence-corrected chi connectivity index (χ2v) is 7.29. The lowest BCUT2D eigenvalue weighted by Gasteiger charge is -2.14. The van der Waals surface area contributed by atoms with Gasteiger partial charge in [-0.25, -0.2) is 4.79 Å². The summed E-state index contributed by atoms with van der Waals surface area (Å²) in [7, 11) is 0. The van der Waals surface area contributed by atoms with Gasteiger partial charge in [-0.1, -0.05) is 49.7 Å². The van der Waals surface area contributed by atoms with Gasteiger partial charge in [-0.15, -0.1) is 0 Å². The third-order valence-corrected chi connectivity index (χ3v) is 5.08. The number of nitrogens with one attached hydrogen (secondary N) is 1. The fourth-order valence-electron chi connectivity index (χ4n) is 3.38. The van der Waals surface area contributed by atoms with E-state index in [1.165, 1.54) is 6.07 Å². The predicted molar refractivity (Wildman–Crippen MR) is 120 cm³/mol. The standard InChI is InChI=1S/C25H23NO6/c1-2-3-11-30-21-14-23-22(31-15-32-23)13-19(21)24(27)26-20-12-17(9-10-18(20)25(28)29)16-7-5-4-6-8-16/h4-10,12-14H,2-3,11,15H2,1H3,(H,26,27)(H,28,29). The van der Waals surface area contributed by atoms with Gasteiger partial charge < -0.3 is 24.6 Å². The lowest BCUT2D eigenvalue weighted by Crippen LogP contribution is -2.16. The van der Waals surface area contributed by atoms with Crippen molar-refractivity contribution in [1.29, 1.82) is 0 Å². The fraction of sp³-hybridized carbons (Fsp3) is 0.200. The maximum Gasteiger partial charge on any atom is 0.337 e. The zero-order valence-electron chi connectivity index (χ0n) is 17.6. The van der Waals surface area contributed by atoms with E-state index in [-0.39, 0.29) is 23.6 Å². The van der Waals surface area contributed by atoms with Crippen molar-refractivity contribution in [3.8, 4) is 28.4 Å². The summed E-state index contributed by atoms with van der Waals surface area (Å²) in [6, 6.07) is 17.6. The molecule has 0 spiro atoms. The Hall–Kier alpha value is -4.00. The Balaban J connectivity index is 1.68. The zero-order chi connectivity index (χ0) is 22.5. The largest absolute Gasteiger partial charge is 0.493 e. The molecule has 32 heavy (non-hydrogen) atoms. The van der Waals surface area contributed by atoms with Gasteiger partial charge in [-0.2, -0.15) is 0 Å². The SMILES string of the molecule is CCCCOc1cc2c(cc1C(=O)Nc1cc(-c3ccccc3)ccc1C(=O)O)OCO2. The van der Waals surface area contributed by atoms with Crippen LogP contribution >= 0.6 is 0 Å². The van der Waals surface area contributed by atoms with Crippen LogP contribution in [0.3, 0.4) is 0 Å². The minimum atomic E-state index is -1.13. The lowest BCUT2D eigenvalue weighted by molar-refractivity contribution is 0.0698. The molecule has 2 N–H and O–H groups in total. The second kappa shape index (κ2) is 9.43. The van der Waals surface area contributed by atoms with Gasteiger partial charge in [0.2, 0.25) is 6.79 Å². The first-order chi connectivity index (χ1) is 15.6. The number of aromatic carboxylic acids is 1. The van der Waals surface area contributed by atoms with Crippen molar-refractivity contribution in [3.05, 3.63) is 71.8 Å². The van der Waals surface area contributed by atoms with Crippen molar-refractivity contribution < 1.29 is 28.9 Å². The number of carboxylic acids is 1. The van der Waals surface area contributed by atoms with Crippen LogP contribution in [0.2, 0.25) is 0 Å². The van der Waals surface area contributed by atoms with E-state index in [4.69, 9.17) is 14.2 Å². The van der Waals surface area contributed by atoms with E-state index in [0.717, 1.165) is 24.0 Å². The summed E-state index contributed by atoms with van der Waals surface area (Å²) in [6.45, 7) is 2.56. The Morgan fingerprint density at radius 1 is 0.969 bits per heavy atom. The third-order valence-electron chi connectivity index (χ3n) is 5.08. The van der Waals surface area contributed by atoms with E-state index in [0.29, 0.717) is 23.9 Å². The fourth-order valence-corrected chi connectivity index (χ4v) is 3.38. The first kappa shape index (κ1) is 21.2. The summed E-state index contributed by atoms with van der Waals surface area (Å²) in [5.41, 5.74) is 2.13. The Kier molecular flexibility index (Phi) is 6.26. The number of carbonyl (C=O) groups excluding carboxylic acids is 1. The number of anilines is 1. The number of unbranched alkanes of at least 4 members (excludes halogenated alkanes) is 1. The third kappa shape index (κ3) is 4.51. The monoisotopic (exact) mass is 433 g/mol. The average Bonchev–Trinajstić information content (AvgIpc) is 3.26. The van der Waals surface area contributed by atoms with Crippen LogP contribution in [0.5, 0.6) is 17.2 Å². The highest BCUT2D eigenvalue weighted by Crippen LogP contribution is 2.39. The number of carboxylic acid groups (broad SMARTS) is 1. The number of hydrogen-bond acceptors (Lipinski definition) is 5. The van der Waals surface area contributed by atoms with Crippen LogP contribution in [-0.4, -0.2) is 30.4 Å². The molecular formula is C25H23NO6. The van der Waals surface area contributed by atoms with E-state index >= 15 is 0 Å². The molecule has 7 nitrogen and oxygen atoms in total. The van der Waals surface area contributed by atoms with E-state index in [1.54, 1.807) is 24.3 Å². The van der Waals surface area contributed by atoms with Crippen molar-refractivity contribution in [3.63, 3.8) is 0 Å². The Labute approximate surface area is 185 Å². The smallest absolute Gasteiger partial charge is 0.337 e. The molecule has 0 atom stereocenters. The van der Waals surface area contributed by atoms with Crippen LogP contribution in [-0.2, 0) is 0 Å². The summed E-state index contributed by atoms with van der Waals surface area (Å²) < 4.78 is 16.6. The maximum absolute atomic E-state index is 13.2. The molecule has 0 radical (unpaired) electrons. The van der Waals surface area contributed by atoms with Crippen molar-refractivity contribution >= 4 is 17.6 Å². The summed E-state index contributed by atoms with van der Waals surface area (Å²) in [4.78, 5) is 25.0. The Morgan fingerprint density at radius 3 is 2.44 bits per heavy atom. The molecule has 3 aromatic rings. The maximum atomic E-state index is 13.2. The molecule has 4 rings (SSSR count). The van der Waals surface area contributed by atoms with Crippen molar-refractivity contribution in [2.75, 3.05) is 18.7 Å². The molecule has 0 saturated heterocycles. The van der Waals surface area contributed by atoms with Gasteiger partial charge in [0.05, 0.1) is 23.4 Å². The molecule has 0 unspecified atom stereocenters. The lowest BCUT2D eigenvalue weighted by atomic mass is 10.0. The van der Waals surface area contributed by atoms with Crippen LogP contribution in [0, 0.1) is 0 Å². The number of carbonyl (C=O) groups is 2. The minimum Gasteiger partial charge on any atom is -0.493 e. The first-order valence-corrected chi connectivity index (χ1v) is 10.4. The highest BCUT2D eigenvalue weighted by molar-refractivity contribution is 6.10. The molecule has 0 fully saturated rings. The minimum absolute atomic E-state index is 0.00720. The molecular weight excluding hydrogens is 410 g/mol.